The smallest absolute Gasteiger partial charge is 0.222 e. The summed E-state index contributed by atoms with van der Waals surface area (Å²) < 4.78 is 5.29. The van der Waals surface area contributed by atoms with Crippen LogP contribution in [0.25, 0.3) is 0 Å². The van der Waals surface area contributed by atoms with Crippen LogP contribution in [0.4, 0.5) is 5.95 Å². The predicted octanol–water partition coefficient (Wildman–Crippen LogP) is 1.28. The van der Waals surface area contributed by atoms with Crippen molar-refractivity contribution in [2.24, 2.45) is 0 Å². The number of likely N-dealkylation sites (N-methyl/N-ethyl adjacent to an activating group) is 1. The van der Waals surface area contributed by atoms with Crippen LogP contribution in [0.3, 0.4) is 0 Å². The first-order valence-corrected chi connectivity index (χ1v) is 7.77. The molecule has 6 nitrogen and oxygen atoms in total. The summed E-state index contributed by atoms with van der Waals surface area (Å²) in [6, 6.07) is 10.2. The molecule has 2 atom stereocenters. The lowest BCUT2D eigenvalue weighted by molar-refractivity contribution is 0.0924. The van der Waals surface area contributed by atoms with Crippen molar-refractivity contribution >= 4 is 5.95 Å². The molecule has 0 radical (unpaired) electrons. The molecule has 23 heavy (non-hydrogen) atoms. The fraction of sp³-hybridized carbons (Fsp3) is 0.412. The molecule has 1 aromatic carbocycles. The van der Waals surface area contributed by atoms with E-state index in [1.807, 2.05) is 37.6 Å². The largest absolute Gasteiger partial charge is 0.389 e. The number of nitrogens with zero attached hydrogens (tertiary/aromatic N) is 3. The quantitative estimate of drug-likeness (QED) is 0.837. The molecular formula is C17H22N4O2. The average Bonchev–Trinajstić information content (AvgIpc) is 3.01. The van der Waals surface area contributed by atoms with Gasteiger partial charge in [0.1, 0.15) is 0 Å². The highest BCUT2D eigenvalue weighted by Crippen LogP contribution is 2.14. The first-order valence-electron chi connectivity index (χ1n) is 7.77. The molecule has 0 aliphatic carbocycles. The zero-order valence-electron chi connectivity index (χ0n) is 13.2. The molecular weight excluding hydrogens is 292 g/mol. The second-order valence-corrected chi connectivity index (χ2v) is 5.84. The Bertz CT molecular complexity index is 606. The normalized spacial score (nSPS) is 20.8. The molecule has 0 unspecified atom stereocenters. The van der Waals surface area contributed by atoms with Gasteiger partial charge in [-0.3, -0.25) is 4.90 Å². The summed E-state index contributed by atoms with van der Waals surface area (Å²) in [6.07, 6.45) is 3.21. The molecule has 2 aromatic rings. The Labute approximate surface area is 136 Å². The third kappa shape index (κ3) is 4.25. The van der Waals surface area contributed by atoms with Gasteiger partial charge >= 0.3 is 0 Å². The maximum atomic E-state index is 9.85. The Morgan fingerprint density at radius 1 is 1.17 bits per heavy atom. The number of aliphatic hydroxyl groups is 1. The Morgan fingerprint density at radius 2 is 1.91 bits per heavy atom. The van der Waals surface area contributed by atoms with E-state index >= 15 is 0 Å². The van der Waals surface area contributed by atoms with Crippen molar-refractivity contribution in [1.29, 1.82) is 0 Å². The summed E-state index contributed by atoms with van der Waals surface area (Å²) in [5, 5.41) is 13.1. The van der Waals surface area contributed by atoms with Crippen LogP contribution < -0.4 is 5.32 Å². The second-order valence-electron chi connectivity index (χ2n) is 5.84. The Hall–Kier alpha value is -2.02. The number of benzene rings is 1. The zero-order chi connectivity index (χ0) is 16.1. The number of hydrogen-bond acceptors (Lipinski definition) is 6. The van der Waals surface area contributed by atoms with E-state index in [2.05, 4.69) is 32.3 Å². The molecule has 0 saturated carbocycles. The minimum atomic E-state index is -0.423. The summed E-state index contributed by atoms with van der Waals surface area (Å²) in [4.78, 5) is 10.8. The van der Waals surface area contributed by atoms with E-state index in [1.54, 1.807) is 0 Å². The highest BCUT2D eigenvalue weighted by atomic mass is 16.5. The van der Waals surface area contributed by atoms with Crippen LogP contribution in [-0.4, -0.2) is 52.4 Å². The van der Waals surface area contributed by atoms with Crippen molar-refractivity contribution < 1.29 is 9.84 Å². The predicted molar refractivity (Wildman–Crippen MR) is 87.9 cm³/mol. The Balaban J connectivity index is 1.52. The van der Waals surface area contributed by atoms with Crippen LogP contribution in [0.1, 0.15) is 11.1 Å². The summed E-state index contributed by atoms with van der Waals surface area (Å²) >= 11 is 0. The van der Waals surface area contributed by atoms with Crippen LogP contribution in [0.5, 0.6) is 0 Å². The van der Waals surface area contributed by atoms with Gasteiger partial charge in [-0.2, -0.15) is 0 Å². The average molecular weight is 314 g/mol. The molecule has 122 valence electrons. The summed E-state index contributed by atoms with van der Waals surface area (Å²) in [7, 11) is 1.98. The van der Waals surface area contributed by atoms with E-state index in [0.717, 1.165) is 5.56 Å². The number of rotatable bonds is 6. The lowest BCUT2D eigenvalue weighted by Gasteiger charge is -2.25. The third-order valence-corrected chi connectivity index (χ3v) is 4.02. The number of aliphatic hydroxyl groups excluding tert-OH is 1. The van der Waals surface area contributed by atoms with Crippen LogP contribution in [0.15, 0.2) is 42.7 Å². The van der Waals surface area contributed by atoms with Crippen LogP contribution >= 0.6 is 0 Å². The van der Waals surface area contributed by atoms with Gasteiger partial charge < -0.3 is 15.2 Å². The molecule has 1 aliphatic rings. The fourth-order valence-electron chi connectivity index (χ4n) is 2.66. The van der Waals surface area contributed by atoms with E-state index in [4.69, 9.17) is 4.74 Å². The van der Waals surface area contributed by atoms with E-state index in [9.17, 15) is 5.11 Å². The van der Waals surface area contributed by atoms with E-state index < -0.39 is 6.10 Å². The molecule has 0 bridgehead atoms. The number of aromatic nitrogens is 2. The summed E-state index contributed by atoms with van der Waals surface area (Å²) in [5.41, 5.74) is 2.20. The topological polar surface area (TPSA) is 70.5 Å². The maximum absolute atomic E-state index is 9.85. The van der Waals surface area contributed by atoms with Gasteiger partial charge in [-0.1, -0.05) is 30.3 Å². The minimum Gasteiger partial charge on any atom is -0.389 e. The van der Waals surface area contributed by atoms with Crippen molar-refractivity contribution in [3.8, 4) is 0 Å². The Morgan fingerprint density at radius 3 is 2.57 bits per heavy atom. The molecule has 0 spiro atoms. The summed E-state index contributed by atoms with van der Waals surface area (Å²) in [6.45, 7) is 2.36. The molecule has 1 aromatic heterocycles. The van der Waals surface area contributed by atoms with E-state index in [1.165, 1.54) is 5.56 Å². The van der Waals surface area contributed by atoms with Crippen LogP contribution in [-0.2, 0) is 17.8 Å². The van der Waals surface area contributed by atoms with Crippen molar-refractivity contribution in [2.45, 2.75) is 25.2 Å². The first-order chi connectivity index (χ1) is 11.2. The lowest BCUT2D eigenvalue weighted by atomic mass is 10.2. The van der Waals surface area contributed by atoms with Crippen molar-refractivity contribution in [1.82, 2.24) is 14.9 Å². The molecule has 1 fully saturated rings. The molecule has 0 amide bonds. The molecule has 1 saturated heterocycles. The van der Waals surface area contributed by atoms with Gasteiger partial charge in [-0.05, 0) is 12.6 Å². The highest BCUT2D eigenvalue weighted by Gasteiger charge is 2.29. The molecule has 2 heterocycles. The van der Waals surface area contributed by atoms with Gasteiger partial charge in [0.05, 0.1) is 25.4 Å². The van der Waals surface area contributed by atoms with Gasteiger partial charge in [0, 0.05) is 31.0 Å². The number of ether oxygens (including phenoxy) is 1. The SMILES string of the molecule is CN(Cc1cnc(NCc2ccccc2)nc1)[C@@H]1COC[C@H]1O. The minimum absolute atomic E-state index is 0.0332. The van der Waals surface area contributed by atoms with Crippen LogP contribution in [0.2, 0.25) is 0 Å². The Kier molecular flexibility index (Phi) is 5.17. The van der Waals surface area contributed by atoms with Gasteiger partial charge in [-0.15, -0.1) is 0 Å². The summed E-state index contributed by atoms with van der Waals surface area (Å²) in [5.74, 6) is 0.615. The van der Waals surface area contributed by atoms with Gasteiger partial charge in [0.2, 0.25) is 5.95 Å². The zero-order valence-corrected chi connectivity index (χ0v) is 13.2. The van der Waals surface area contributed by atoms with Gasteiger partial charge in [0.25, 0.3) is 0 Å². The van der Waals surface area contributed by atoms with E-state index in [0.29, 0.717) is 32.3 Å². The maximum Gasteiger partial charge on any atom is 0.222 e. The molecule has 1 aliphatic heterocycles. The number of anilines is 1. The third-order valence-electron chi connectivity index (χ3n) is 4.02. The number of hydrogen-bond donors (Lipinski definition) is 2. The second kappa shape index (κ2) is 7.50. The molecule has 3 rings (SSSR count). The fourth-order valence-corrected chi connectivity index (χ4v) is 2.66. The van der Waals surface area contributed by atoms with Gasteiger partial charge in [0.15, 0.2) is 0 Å². The van der Waals surface area contributed by atoms with Crippen molar-refractivity contribution in [3.05, 3.63) is 53.9 Å². The molecule has 6 heteroatoms. The lowest BCUT2D eigenvalue weighted by Crippen LogP contribution is -2.39. The van der Waals surface area contributed by atoms with E-state index in [-0.39, 0.29) is 6.04 Å². The molecule has 2 N–H and O–H groups in total. The highest BCUT2D eigenvalue weighted by molar-refractivity contribution is 5.27. The van der Waals surface area contributed by atoms with Gasteiger partial charge in [-0.25, -0.2) is 9.97 Å². The van der Waals surface area contributed by atoms with Crippen molar-refractivity contribution in [3.63, 3.8) is 0 Å². The number of nitrogens with one attached hydrogen (secondary N) is 1. The van der Waals surface area contributed by atoms with Crippen LogP contribution in [0, 0.1) is 0 Å². The monoisotopic (exact) mass is 314 g/mol. The standard InChI is InChI=1S/C17H22N4O2/c1-21(15-11-23-12-16(15)22)10-14-8-19-17(20-9-14)18-7-13-5-3-2-4-6-13/h2-6,8-9,15-16,22H,7,10-12H2,1H3,(H,18,19,20)/t15-,16-/m1/s1. The first kappa shape index (κ1) is 15.9. The van der Waals surface area contributed by atoms with Crippen molar-refractivity contribution in [2.75, 3.05) is 25.6 Å².